The second kappa shape index (κ2) is 14.1. The van der Waals surface area contributed by atoms with E-state index in [0.29, 0.717) is 0 Å². The van der Waals surface area contributed by atoms with Crippen LogP contribution in [0, 0.1) is 0 Å². The van der Waals surface area contributed by atoms with Crippen molar-refractivity contribution in [3.63, 3.8) is 0 Å². The van der Waals surface area contributed by atoms with Crippen molar-refractivity contribution >= 4 is 58.4 Å². The second-order valence-corrected chi connectivity index (χ2v) is 13.7. The molecule has 2 aliphatic rings. The van der Waals surface area contributed by atoms with E-state index < -0.39 is 0 Å². The van der Waals surface area contributed by atoms with E-state index in [4.69, 9.17) is 0 Å². The van der Waals surface area contributed by atoms with Crippen molar-refractivity contribution in [2.45, 2.75) is 25.7 Å². The molecule has 2 heterocycles. The van der Waals surface area contributed by atoms with E-state index in [1.54, 1.807) is 0 Å². The Bertz CT molecular complexity index is 2130. The standard InChI is InChI=1S/C50H40N2/c1-5-13-47-41(9-1)29-30-42-10-2-6-14-48(42)51(47)45-33-25-39(26-34-45)23-21-37-17-19-38(20-18-37)22-24-40-27-35-46(36-28-40)52-49-15-7-3-11-43(49)31-32-44-12-4-8-16-50(44)52/h1-28,33-36H,29-32H2/b23-21+,24-22+. The predicted molar refractivity (Wildman–Crippen MR) is 221 cm³/mol. The highest BCUT2D eigenvalue weighted by Crippen LogP contribution is 2.43. The number of benzene rings is 7. The van der Waals surface area contributed by atoms with Crippen LogP contribution >= 0.6 is 0 Å². The molecule has 250 valence electrons. The van der Waals surface area contributed by atoms with Gasteiger partial charge in [0.05, 0.1) is 0 Å². The molecule has 7 aromatic rings. The molecule has 0 aromatic heterocycles. The molecule has 0 bridgehead atoms. The van der Waals surface area contributed by atoms with E-state index >= 15 is 0 Å². The summed E-state index contributed by atoms with van der Waals surface area (Å²) in [6.07, 6.45) is 13.0. The van der Waals surface area contributed by atoms with Gasteiger partial charge in [-0.15, -0.1) is 0 Å². The van der Waals surface area contributed by atoms with Gasteiger partial charge >= 0.3 is 0 Å². The van der Waals surface area contributed by atoms with Gasteiger partial charge in [0.2, 0.25) is 0 Å². The molecule has 0 fully saturated rings. The summed E-state index contributed by atoms with van der Waals surface area (Å²) in [4.78, 5) is 4.83. The number of anilines is 6. The Morgan fingerprint density at radius 1 is 0.269 bits per heavy atom. The lowest BCUT2D eigenvalue weighted by molar-refractivity contribution is 0.977. The minimum Gasteiger partial charge on any atom is -0.310 e. The fraction of sp³-hybridized carbons (Fsp3) is 0.0800. The first-order chi connectivity index (χ1) is 25.8. The van der Waals surface area contributed by atoms with Gasteiger partial charge in [-0.1, -0.05) is 146 Å². The van der Waals surface area contributed by atoms with Gasteiger partial charge in [-0.2, -0.15) is 0 Å². The maximum atomic E-state index is 2.42. The second-order valence-electron chi connectivity index (χ2n) is 13.7. The number of rotatable bonds is 6. The number of aryl methyl sites for hydroxylation is 4. The highest BCUT2D eigenvalue weighted by molar-refractivity contribution is 5.84. The van der Waals surface area contributed by atoms with Crippen LogP contribution in [0.2, 0.25) is 0 Å². The molecule has 0 N–H and O–H groups in total. The van der Waals surface area contributed by atoms with Crippen LogP contribution in [-0.2, 0) is 25.7 Å². The van der Waals surface area contributed by atoms with Gasteiger partial charge in [-0.3, -0.25) is 0 Å². The van der Waals surface area contributed by atoms with E-state index in [2.05, 4.69) is 204 Å². The highest BCUT2D eigenvalue weighted by atomic mass is 15.2. The molecule has 2 aliphatic heterocycles. The van der Waals surface area contributed by atoms with Crippen LogP contribution in [0.5, 0.6) is 0 Å². The van der Waals surface area contributed by atoms with Crippen molar-refractivity contribution < 1.29 is 0 Å². The summed E-state index contributed by atoms with van der Waals surface area (Å²) < 4.78 is 0. The molecule has 0 atom stereocenters. The van der Waals surface area contributed by atoms with E-state index in [1.807, 2.05) is 0 Å². The van der Waals surface area contributed by atoms with Gasteiger partial charge in [0.1, 0.15) is 0 Å². The van der Waals surface area contributed by atoms with Crippen LogP contribution in [0.25, 0.3) is 24.3 Å². The molecule has 0 amide bonds. The third-order valence-electron chi connectivity index (χ3n) is 10.4. The van der Waals surface area contributed by atoms with Gasteiger partial charge < -0.3 is 9.80 Å². The van der Waals surface area contributed by atoms with Crippen LogP contribution in [0.3, 0.4) is 0 Å². The number of nitrogens with zero attached hydrogens (tertiary/aromatic N) is 2. The zero-order chi connectivity index (χ0) is 34.7. The monoisotopic (exact) mass is 668 g/mol. The fourth-order valence-corrected chi connectivity index (χ4v) is 7.69. The Balaban J connectivity index is 0.886. The summed E-state index contributed by atoms with van der Waals surface area (Å²) in [6.45, 7) is 0. The Labute approximate surface area is 307 Å². The molecule has 9 rings (SSSR count). The topological polar surface area (TPSA) is 6.48 Å². The van der Waals surface area contributed by atoms with E-state index in [0.717, 1.165) is 25.7 Å². The van der Waals surface area contributed by atoms with Gasteiger partial charge in [0, 0.05) is 34.1 Å². The van der Waals surface area contributed by atoms with Crippen molar-refractivity contribution in [1.29, 1.82) is 0 Å². The van der Waals surface area contributed by atoms with Crippen molar-refractivity contribution in [2.75, 3.05) is 9.80 Å². The van der Waals surface area contributed by atoms with Crippen LogP contribution in [0.1, 0.15) is 44.5 Å². The molecule has 0 radical (unpaired) electrons. The van der Waals surface area contributed by atoms with Crippen molar-refractivity contribution in [3.05, 3.63) is 214 Å². The average Bonchev–Trinajstić information content (AvgIpc) is 3.48. The quantitative estimate of drug-likeness (QED) is 0.163. The number of para-hydroxylation sites is 4. The number of fused-ring (bicyclic) bond motifs is 4. The van der Waals surface area contributed by atoms with Gasteiger partial charge in [-0.25, -0.2) is 0 Å². The molecule has 0 unspecified atom stereocenters. The SMILES string of the molecule is C(=C\c1ccc(N2c3ccccc3CCc3ccccc32)cc1)/c1ccc(/C=C/c2ccc(N3c4ccccc4CCc4ccccc43)cc2)cc1. The predicted octanol–water partition coefficient (Wildman–Crippen LogP) is 13.2. The lowest BCUT2D eigenvalue weighted by atomic mass is 10.0. The molecule has 2 nitrogen and oxygen atoms in total. The normalized spacial score (nSPS) is 13.6. The van der Waals surface area contributed by atoms with E-state index in [-0.39, 0.29) is 0 Å². The average molecular weight is 669 g/mol. The van der Waals surface area contributed by atoms with Gasteiger partial charge in [-0.05, 0) is 119 Å². The molecular weight excluding hydrogens is 629 g/mol. The minimum atomic E-state index is 1.05. The van der Waals surface area contributed by atoms with Crippen LogP contribution in [0.4, 0.5) is 34.1 Å². The number of hydrogen-bond donors (Lipinski definition) is 0. The molecule has 7 aromatic carbocycles. The summed E-state index contributed by atoms with van der Waals surface area (Å²) >= 11 is 0. The molecule has 52 heavy (non-hydrogen) atoms. The van der Waals surface area contributed by atoms with Crippen molar-refractivity contribution in [1.82, 2.24) is 0 Å². The summed E-state index contributed by atoms with van der Waals surface area (Å²) in [5, 5.41) is 0. The van der Waals surface area contributed by atoms with E-state index in [1.165, 1.54) is 78.6 Å². The van der Waals surface area contributed by atoms with Crippen molar-refractivity contribution in [2.24, 2.45) is 0 Å². The van der Waals surface area contributed by atoms with Crippen LogP contribution in [-0.4, -0.2) is 0 Å². The Kier molecular flexibility index (Phi) is 8.56. The maximum Gasteiger partial charge on any atom is 0.0493 e. The van der Waals surface area contributed by atoms with Gasteiger partial charge in [0.15, 0.2) is 0 Å². The Morgan fingerprint density at radius 3 is 0.769 bits per heavy atom. The third kappa shape index (κ3) is 6.36. The lowest BCUT2D eigenvalue weighted by Gasteiger charge is -2.27. The summed E-state index contributed by atoms with van der Waals surface area (Å²) in [7, 11) is 0. The summed E-state index contributed by atoms with van der Waals surface area (Å²) in [5.41, 5.74) is 17.7. The minimum absolute atomic E-state index is 1.05. The van der Waals surface area contributed by atoms with Crippen molar-refractivity contribution in [3.8, 4) is 0 Å². The lowest BCUT2D eigenvalue weighted by Crippen LogP contribution is -2.11. The van der Waals surface area contributed by atoms with Crippen LogP contribution < -0.4 is 9.80 Å². The van der Waals surface area contributed by atoms with E-state index in [9.17, 15) is 0 Å². The molecule has 0 saturated carbocycles. The summed E-state index contributed by atoms with van der Waals surface area (Å²) in [5.74, 6) is 0. The zero-order valence-electron chi connectivity index (χ0n) is 29.2. The largest absolute Gasteiger partial charge is 0.310 e. The zero-order valence-corrected chi connectivity index (χ0v) is 29.2. The first-order valence-electron chi connectivity index (χ1n) is 18.4. The highest BCUT2D eigenvalue weighted by Gasteiger charge is 2.23. The smallest absolute Gasteiger partial charge is 0.0493 e. The number of hydrogen-bond acceptors (Lipinski definition) is 2. The molecule has 2 heteroatoms. The molecule has 0 aliphatic carbocycles. The Hall–Kier alpha value is -6.38. The molecule has 0 saturated heterocycles. The van der Waals surface area contributed by atoms with Gasteiger partial charge in [0.25, 0.3) is 0 Å². The maximum absolute atomic E-state index is 2.42. The first-order valence-corrected chi connectivity index (χ1v) is 18.4. The fourth-order valence-electron chi connectivity index (χ4n) is 7.69. The van der Waals surface area contributed by atoms with Crippen LogP contribution in [0.15, 0.2) is 170 Å². The molecular formula is C50H40N2. The Morgan fingerprint density at radius 2 is 0.500 bits per heavy atom. The summed E-state index contributed by atoms with van der Waals surface area (Å²) in [6, 6.07) is 61.8. The first kappa shape index (κ1) is 31.6. The third-order valence-corrected chi connectivity index (χ3v) is 10.4. The molecule has 0 spiro atoms.